The van der Waals surface area contributed by atoms with Gasteiger partial charge in [-0.25, -0.2) is 9.97 Å². The SMILES string of the molecule is CNc1nc(C(C)(C)C)nc(NCCCCC(C)C)c1C. The second kappa shape index (κ2) is 7.62. The van der Waals surface area contributed by atoms with Crippen LogP contribution in [0.4, 0.5) is 11.6 Å². The standard InChI is InChI=1S/C17H32N4/c1-12(2)10-8-9-11-19-15-13(3)14(18-7)20-16(21-15)17(4,5)6/h12H,8-11H2,1-7H3,(H2,18,19,20,21). The Kier molecular flexibility index (Phi) is 6.43. The monoisotopic (exact) mass is 292 g/mol. The highest BCUT2D eigenvalue weighted by Crippen LogP contribution is 2.26. The molecule has 0 radical (unpaired) electrons. The van der Waals surface area contributed by atoms with Crippen LogP contribution in [0.1, 0.15) is 65.3 Å². The van der Waals surface area contributed by atoms with Gasteiger partial charge in [-0.05, 0) is 19.3 Å². The zero-order chi connectivity index (χ0) is 16.0. The lowest BCUT2D eigenvalue weighted by Gasteiger charge is -2.20. The number of hydrogen-bond acceptors (Lipinski definition) is 4. The van der Waals surface area contributed by atoms with Crippen molar-refractivity contribution >= 4 is 11.6 Å². The smallest absolute Gasteiger partial charge is 0.138 e. The summed E-state index contributed by atoms with van der Waals surface area (Å²) >= 11 is 0. The van der Waals surface area contributed by atoms with Gasteiger partial charge < -0.3 is 10.6 Å². The largest absolute Gasteiger partial charge is 0.373 e. The number of anilines is 2. The maximum atomic E-state index is 4.72. The van der Waals surface area contributed by atoms with Crippen LogP contribution in [0.25, 0.3) is 0 Å². The summed E-state index contributed by atoms with van der Waals surface area (Å²) in [5.74, 6) is 3.54. The van der Waals surface area contributed by atoms with E-state index in [4.69, 9.17) is 4.98 Å². The minimum Gasteiger partial charge on any atom is -0.373 e. The van der Waals surface area contributed by atoms with Crippen molar-refractivity contribution in [3.8, 4) is 0 Å². The van der Waals surface area contributed by atoms with Crippen LogP contribution in [0.3, 0.4) is 0 Å². The second-order valence-electron chi connectivity index (χ2n) is 7.19. The van der Waals surface area contributed by atoms with E-state index in [1.807, 2.05) is 7.05 Å². The average Bonchev–Trinajstić information content (AvgIpc) is 2.38. The van der Waals surface area contributed by atoms with Gasteiger partial charge in [0.25, 0.3) is 0 Å². The van der Waals surface area contributed by atoms with Gasteiger partial charge in [-0.2, -0.15) is 0 Å². The molecule has 4 nitrogen and oxygen atoms in total. The van der Waals surface area contributed by atoms with E-state index in [-0.39, 0.29) is 5.41 Å². The van der Waals surface area contributed by atoms with Crippen LogP contribution in [-0.4, -0.2) is 23.6 Å². The van der Waals surface area contributed by atoms with Crippen molar-refractivity contribution in [1.29, 1.82) is 0 Å². The third-order valence-corrected chi connectivity index (χ3v) is 3.55. The van der Waals surface area contributed by atoms with E-state index in [0.29, 0.717) is 0 Å². The topological polar surface area (TPSA) is 49.8 Å². The summed E-state index contributed by atoms with van der Waals surface area (Å²) in [6.07, 6.45) is 3.74. The molecule has 1 rings (SSSR count). The Balaban J connectivity index is 2.76. The number of unbranched alkanes of at least 4 members (excludes halogenated alkanes) is 1. The zero-order valence-corrected chi connectivity index (χ0v) is 14.8. The molecule has 0 bridgehead atoms. The van der Waals surface area contributed by atoms with Gasteiger partial charge in [0.05, 0.1) is 0 Å². The Morgan fingerprint density at radius 3 is 2.19 bits per heavy atom. The van der Waals surface area contributed by atoms with Gasteiger partial charge >= 0.3 is 0 Å². The molecule has 2 N–H and O–H groups in total. The normalized spacial score (nSPS) is 11.8. The van der Waals surface area contributed by atoms with E-state index in [1.165, 1.54) is 19.3 Å². The summed E-state index contributed by atoms with van der Waals surface area (Å²) in [5, 5.41) is 6.66. The van der Waals surface area contributed by atoms with Crippen LogP contribution in [0.15, 0.2) is 0 Å². The summed E-state index contributed by atoms with van der Waals surface area (Å²) < 4.78 is 0. The first-order valence-electron chi connectivity index (χ1n) is 8.06. The summed E-state index contributed by atoms with van der Waals surface area (Å²) in [7, 11) is 1.91. The molecule has 1 aromatic rings. The lowest BCUT2D eigenvalue weighted by molar-refractivity contribution is 0.541. The van der Waals surface area contributed by atoms with E-state index >= 15 is 0 Å². The number of nitrogens with zero attached hydrogens (tertiary/aromatic N) is 2. The van der Waals surface area contributed by atoms with E-state index in [2.05, 4.69) is 57.2 Å². The van der Waals surface area contributed by atoms with E-state index in [9.17, 15) is 0 Å². The van der Waals surface area contributed by atoms with Crippen molar-refractivity contribution in [2.24, 2.45) is 5.92 Å². The first-order chi connectivity index (χ1) is 9.75. The Hall–Kier alpha value is -1.32. The molecule has 0 aliphatic rings. The van der Waals surface area contributed by atoms with Gasteiger partial charge in [0, 0.05) is 24.6 Å². The molecular weight excluding hydrogens is 260 g/mol. The Morgan fingerprint density at radius 2 is 1.67 bits per heavy atom. The third-order valence-electron chi connectivity index (χ3n) is 3.55. The molecule has 0 unspecified atom stereocenters. The van der Waals surface area contributed by atoms with Crippen LogP contribution in [0, 0.1) is 12.8 Å². The molecule has 21 heavy (non-hydrogen) atoms. The highest BCUT2D eigenvalue weighted by Gasteiger charge is 2.20. The summed E-state index contributed by atoms with van der Waals surface area (Å²) in [5.41, 5.74) is 1.04. The fourth-order valence-electron chi connectivity index (χ4n) is 2.15. The van der Waals surface area contributed by atoms with Crippen molar-refractivity contribution in [2.45, 2.75) is 66.2 Å². The summed E-state index contributed by atoms with van der Waals surface area (Å²) in [6, 6.07) is 0. The molecule has 0 aliphatic heterocycles. The quantitative estimate of drug-likeness (QED) is 0.733. The minimum absolute atomic E-state index is 0.0482. The van der Waals surface area contributed by atoms with E-state index in [1.54, 1.807) is 0 Å². The molecule has 0 aliphatic carbocycles. The highest BCUT2D eigenvalue weighted by molar-refractivity contribution is 5.57. The fraction of sp³-hybridized carbons (Fsp3) is 0.765. The van der Waals surface area contributed by atoms with Gasteiger partial charge in [-0.1, -0.05) is 47.5 Å². The van der Waals surface area contributed by atoms with Gasteiger partial charge in [0.2, 0.25) is 0 Å². The predicted octanol–water partition coefficient (Wildman–Crippen LogP) is 4.36. The molecular formula is C17H32N4. The Labute approximate surface area is 130 Å². The second-order valence-corrected chi connectivity index (χ2v) is 7.19. The molecule has 0 spiro atoms. The van der Waals surface area contributed by atoms with Gasteiger partial charge in [-0.15, -0.1) is 0 Å². The van der Waals surface area contributed by atoms with Crippen molar-refractivity contribution in [2.75, 3.05) is 24.2 Å². The molecule has 0 saturated carbocycles. The molecule has 0 fully saturated rings. The summed E-state index contributed by atoms with van der Waals surface area (Å²) in [6.45, 7) is 14.0. The predicted molar refractivity (Wildman–Crippen MR) is 92.2 cm³/mol. The van der Waals surface area contributed by atoms with Crippen LogP contribution in [-0.2, 0) is 5.41 Å². The third kappa shape index (κ3) is 5.52. The first kappa shape index (κ1) is 17.7. The van der Waals surface area contributed by atoms with Crippen LogP contribution in [0.5, 0.6) is 0 Å². The van der Waals surface area contributed by atoms with Gasteiger partial charge in [0.1, 0.15) is 17.5 Å². The molecule has 120 valence electrons. The number of rotatable bonds is 7. The van der Waals surface area contributed by atoms with Crippen molar-refractivity contribution in [1.82, 2.24) is 9.97 Å². The van der Waals surface area contributed by atoms with Crippen molar-refractivity contribution in [3.05, 3.63) is 11.4 Å². The van der Waals surface area contributed by atoms with Crippen LogP contribution < -0.4 is 10.6 Å². The minimum atomic E-state index is -0.0482. The molecule has 1 heterocycles. The van der Waals surface area contributed by atoms with Crippen molar-refractivity contribution < 1.29 is 0 Å². The highest BCUT2D eigenvalue weighted by atomic mass is 15.1. The molecule has 0 amide bonds. The molecule has 0 saturated heterocycles. The summed E-state index contributed by atoms with van der Waals surface area (Å²) in [4.78, 5) is 9.35. The molecule has 4 heteroatoms. The Morgan fingerprint density at radius 1 is 1.05 bits per heavy atom. The molecule has 0 aromatic carbocycles. The van der Waals surface area contributed by atoms with Crippen LogP contribution >= 0.6 is 0 Å². The number of nitrogens with one attached hydrogen (secondary N) is 2. The number of aromatic nitrogens is 2. The Bertz CT molecular complexity index is 447. The zero-order valence-electron chi connectivity index (χ0n) is 14.8. The number of hydrogen-bond donors (Lipinski definition) is 2. The fourth-order valence-corrected chi connectivity index (χ4v) is 2.15. The first-order valence-corrected chi connectivity index (χ1v) is 8.06. The lowest BCUT2D eigenvalue weighted by Crippen LogP contribution is -2.19. The van der Waals surface area contributed by atoms with Gasteiger partial charge in [0.15, 0.2) is 0 Å². The van der Waals surface area contributed by atoms with E-state index < -0.39 is 0 Å². The van der Waals surface area contributed by atoms with E-state index in [0.717, 1.165) is 35.5 Å². The molecule has 0 atom stereocenters. The van der Waals surface area contributed by atoms with Crippen LogP contribution in [0.2, 0.25) is 0 Å². The van der Waals surface area contributed by atoms with Crippen molar-refractivity contribution in [3.63, 3.8) is 0 Å². The average molecular weight is 292 g/mol. The lowest BCUT2D eigenvalue weighted by atomic mass is 9.95. The maximum Gasteiger partial charge on any atom is 0.138 e. The van der Waals surface area contributed by atoms with Gasteiger partial charge in [-0.3, -0.25) is 0 Å². The maximum absolute atomic E-state index is 4.72. The molecule has 1 aromatic heterocycles.